The van der Waals surface area contributed by atoms with Gasteiger partial charge in [-0.15, -0.1) is 11.3 Å². The zero-order valence-electron chi connectivity index (χ0n) is 10.3. The highest BCUT2D eigenvalue weighted by molar-refractivity contribution is 7.11. The molecule has 5 heteroatoms. The van der Waals surface area contributed by atoms with E-state index in [2.05, 4.69) is 4.98 Å². The van der Waals surface area contributed by atoms with E-state index in [1.165, 1.54) is 4.90 Å². The summed E-state index contributed by atoms with van der Waals surface area (Å²) < 4.78 is 0. The van der Waals surface area contributed by atoms with Crippen molar-refractivity contribution in [3.8, 4) is 0 Å². The fraction of sp³-hybridized carbons (Fsp3) is 0.231. The molecule has 94 valence electrons. The van der Waals surface area contributed by atoms with Crippen molar-refractivity contribution in [3.05, 3.63) is 46.1 Å². The van der Waals surface area contributed by atoms with Crippen LogP contribution in [0.25, 0.3) is 5.57 Å². The summed E-state index contributed by atoms with van der Waals surface area (Å²) in [5.74, 6) is 0. The maximum atomic E-state index is 11.3. The monoisotopic (exact) mass is 262 g/mol. The summed E-state index contributed by atoms with van der Waals surface area (Å²) in [5, 5.41) is 9.29. The molecule has 0 atom stereocenters. The van der Waals surface area contributed by atoms with Crippen molar-refractivity contribution in [2.24, 2.45) is 0 Å². The van der Waals surface area contributed by atoms with Gasteiger partial charge in [0, 0.05) is 5.57 Å². The summed E-state index contributed by atoms with van der Waals surface area (Å²) in [6.45, 7) is 4.11. The molecule has 0 unspecified atom stereocenters. The molecule has 2 heterocycles. The number of fused-ring (bicyclic) bond motifs is 1. The predicted molar refractivity (Wildman–Crippen MR) is 72.2 cm³/mol. The van der Waals surface area contributed by atoms with Gasteiger partial charge in [-0.2, -0.15) is 0 Å². The van der Waals surface area contributed by atoms with Gasteiger partial charge in [0.2, 0.25) is 0 Å². The van der Waals surface area contributed by atoms with Crippen LogP contribution in [0.1, 0.15) is 24.4 Å². The summed E-state index contributed by atoms with van der Waals surface area (Å²) in [7, 11) is 0. The number of thiazole rings is 1. The first-order chi connectivity index (χ1) is 8.69. The highest BCUT2D eigenvalue weighted by Crippen LogP contribution is 2.35. The molecule has 4 nitrogen and oxygen atoms in total. The number of aromatic nitrogens is 1. The fourth-order valence-electron chi connectivity index (χ4n) is 1.93. The van der Waals surface area contributed by atoms with Crippen molar-refractivity contribution < 1.29 is 9.90 Å². The van der Waals surface area contributed by atoms with Gasteiger partial charge in [0.05, 0.1) is 28.3 Å². The molecule has 1 amide bonds. The van der Waals surface area contributed by atoms with Gasteiger partial charge in [0.1, 0.15) is 0 Å². The lowest BCUT2D eigenvalue weighted by Gasteiger charge is -2.26. The smallest absolute Gasteiger partial charge is 0.412 e. The molecule has 18 heavy (non-hydrogen) atoms. The molecule has 1 aliphatic heterocycles. The lowest BCUT2D eigenvalue weighted by molar-refractivity contribution is 0.157. The van der Waals surface area contributed by atoms with Crippen LogP contribution in [0.15, 0.2) is 35.5 Å². The van der Waals surface area contributed by atoms with Gasteiger partial charge < -0.3 is 5.11 Å². The standard InChI is InChI=1S/C13H14N2O2S/c1-3-5-9-11(6-4-2)15(13(16)17)7-10-12(9)18-8-14-10/h3-6,8H,7H2,1-2H3,(H,16,17)/b5-3-,6-4-. The van der Waals surface area contributed by atoms with Crippen LogP contribution in [0.3, 0.4) is 0 Å². The molecule has 1 N–H and O–H groups in total. The average molecular weight is 262 g/mol. The Hall–Kier alpha value is -1.88. The molecule has 0 saturated carbocycles. The molecule has 0 aliphatic carbocycles. The number of carboxylic acid groups (broad SMARTS) is 1. The molecular formula is C13H14N2O2S. The van der Waals surface area contributed by atoms with Crippen molar-refractivity contribution in [2.45, 2.75) is 20.4 Å². The largest absolute Gasteiger partial charge is 0.465 e. The summed E-state index contributed by atoms with van der Waals surface area (Å²) in [5.41, 5.74) is 4.21. The second kappa shape index (κ2) is 5.18. The third-order valence-corrected chi connectivity index (χ3v) is 3.55. The number of carbonyl (C=O) groups is 1. The van der Waals surface area contributed by atoms with E-state index in [0.29, 0.717) is 12.2 Å². The van der Waals surface area contributed by atoms with E-state index in [-0.39, 0.29) is 0 Å². The molecule has 2 rings (SSSR count). The number of amides is 1. The maximum Gasteiger partial charge on any atom is 0.412 e. The zero-order valence-corrected chi connectivity index (χ0v) is 11.1. The van der Waals surface area contributed by atoms with Gasteiger partial charge in [-0.25, -0.2) is 9.78 Å². The van der Waals surface area contributed by atoms with Crippen LogP contribution in [0.4, 0.5) is 4.79 Å². The van der Waals surface area contributed by atoms with Gasteiger partial charge in [-0.05, 0) is 19.9 Å². The van der Waals surface area contributed by atoms with E-state index in [1.807, 2.05) is 38.2 Å². The normalized spacial score (nSPS) is 15.8. The van der Waals surface area contributed by atoms with Gasteiger partial charge in [0.15, 0.2) is 0 Å². The second-order valence-electron chi connectivity index (χ2n) is 3.80. The predicted octanol–water partition coefficient (Wildman–Crippen LogP) is 3.50. The SMILES string of the molecule is C/C=C\C1=C(/C=C\C)N(C(=O)O)Cc2ncsc21. The Morgan fingerprint density at radius 3 is 2.78 bits per heavy atom. The minimum absolute atomic E-state index is 0.314. The molecule has 0 spiro atoms. The minimum Gasteiger partial charge on any atom is -0.465 e. The molecule has 1 aliphatic rings. The Kier molecular flexibility index (Phi) is 3.62. The average Bonchev–Trinajstić information content (AvgIpc) is 2.79. The lowest BCUT2D eigenvalue weighted by atomic mass is 10.0. The third kappa shape index (κ3) is 2.09. The van der Waals surface area contributed by atoms with Crippen LogP contribution in [-0.2, 0) is 6.54 Å². The quantitative estimate of drug-likeness (QED) is 0.887. The fourth-order valence-corrected chi connectivity index (χ4v) is 2.77. The molecule has 1 aromatic rings. The second-order valence-corrected chi connectivity index (χ2v) is 4.65. The van der Waals surface area contributed by atoms with Crippen molar-refractivity contribution in [1.29, 1.82) is 0 Å². The molecule has 0 bridgehead atoms. The highest BCUT2D eigenvalue weighted by Gasteiger charge is 2.27. The van der Waals surface area contributed by atoms with E-state index >= 15 is 0 Å². The number of hydrogen-bond acceptors (Lipinski definition) is 3. The van der Waals surface area contributed by atoms with Crippen molar-refractivity contribution in [1.82, 2.24) is 9.88 Å². The zero-order chi connectivity index (χ0) is 13.1. The first kappa shape index (κ1) is 12.6. The van der Waals surface area contributed by atoms with Crippen molar-refractivity contribution in [3.63, 3.8) is 0 Å². The molecular weight excluding hydrogens is 248 g/mol. The Labute approximate surface area is 110 Å². The Bertz CT molecular complexity index is 555. The van der Waals surface area contributed by atoms with Gasteiger partial charge in [-0.1, -0.05) is 18.2 Å². The van der Waals surface area contributed by atoms with Crippen molar-refractivity contribution >= 4 is 23.0 Å². The van der Waals surface area contributed by atoms with E-state index in [0.717, 1.165) is 16.1 Å². The molecule has 0 saturated heterocycles. The van der Waals surface area contributed by atoms with Crippen LogP contribution in [0.2, 0.25) is 0 Å². The minimum atomic E-state index is -0.955. The van der Waals surface area contributed by atoms with Crippen LogP contribution >= 0.6 is 11.3 Å². The third-order valence-electron chi connectivity index (χ3n) is 2.65. The lowest BCUT2D eigenvalue weighted by Crippen LogP contribution is -2.31. The number of allylic oxidation sites excluding steroid dienone is 5. The molecule has 0 radical (unpaired) electrons. The van der Waals surface area contributed by atoms with Crippen LogP contribution in [0.5, 0.6) is 0 Å². The molecule has 0 fully saturated rings. The van der Waals surface area contributed by atoms with E-state index in [9.17, 15) is 9.90 Å². The van der Waals surface area contributed by atoms with Crippen LogP contribution in [-0.4, -0.2) is 21.1 Å². The first-order valence-corrected chi connectivity index (χ1v) is 6.49. The van der Waals surface area contributed by atoms with Crippen LogP contribution < -0.4 is 0 Å². The van der Waals surface area contributed by atoms with Crippen molar-refractivity contribution in [2.75, 3.05) is 0 Å². The molecule has 1 aromatic heterocycles. The first-order valence-electron chi connectivity index (χ1n) is 5.62. The molecule has 0 aromatic carbocycles. The topological polar surface area (TPSA) is 53.4 Å². The van der Waals surface area contributed by atoms with E-state index < -0.39 is 6.09 Å². The summed E-state index contributed by atoms with van der Waals surface area (Å²) >= 11 is 1.54. The Morgan fingerprint density at radius 2 is 2.17 bits per heavy atom. The van der Waals surface area contributed by atoms with Gasteiger partial charge in [0.25, 0.3) is 0 Å². The summed E-state index contributed by atoms with van der Waals surface area (Å²) in [4.78, 5) is 18.0. The number of hydrogen-bond donors (Lipinski definition) is 1. The number of nitrogens with zero attached hydrogens (tertiary/aromatic N) is 2. The van der Waals surface area contributed by atoms with Gasteiger partial charge in [-0.3, -0.25) is 4.90 Å². The maximum absolute atomic E-state index is 11.3. The summed E-state index contributed by atoms with van der Waals surface area (Å²) in [6.07, 6.45) is 6.56. The Morgan fingerprint density at radius 1 is 1.44 bits per heavy atom. The van der Waals surface area contributed by atoms with Crippen LogP contribution in [0, 0.1) is 0 Å². The number of rotatable bonds is 2. The Balaban J connectivity index is 2.65. The highest BCUT2D eigenvalue weighted by atomic mass is 32.1. The van der Waals surface area contributed by atoms with Gasteiger partial charge >= 0.3 is 6.09 Å². The summed E-state index contributed by atoms with van der Waals surface area (Å²) in [6, 6.07) is 0. The van der Waals surface area contributed by atoms with E-state index in [4.69, 9.17) is 0 Å². The van der Waals surface area contributed by atoms with E-state index in [1.54, 1.807) is 16.8 Å².